The minimum absolute atomic E-state index is 0.00427. The minimum Gasteiger partial charge on any atom is -0.342 e. The number of thiocarbonyl (C=S) groups is 1. The predicted molar refractivity (Wildman–Crippen MR) is 93.9 cm³/mol. The van der Waals surface area contributed by atoms with E-state index in [1.54, 1.807) is 29.2 Å². The molecular weight excluding hydrogens is 336 g/mol. The van der Waals surface area contributed by atoms with E-state index in [4.69, 9.17) is 23.8 Å². The summed E-state index contributed by atoms with van der Waals surface area (Å²) >= 11 is 10.9. The topological polar surface area (TPSA) is 73.5 Å². The fourth-order valence-electron chi connectivity index (χ4n) is 2.39. The number of hydrazine groups is 1. The van der Waals surface area contributed by atoms with Crippen molar-refractivity contribution in [1.29, 1.82) is 0 Å². The van der Waals surface area contributed by atoms with Gasteiger partial charge in [-0.25, -0.2) is 0 Å². The zero-order chi connectivity index (χ0) is 16.8. The number of hydrogen-bond donors (Lipinski definition) is 3. The monoisotopic (exact) mass is 354 g/mol. The van der Waals surface area contributed by atoms with Gasteiger partial charge in [-0.05, 0) is 49.3 Å². The molecule has 0 aromatic heterocycles. The van der Waals surface area contributed by atoms with E-state index in [0.717, 1.165) is 18.5 Å². The van der Waals surface area contributed by atoms with Crippen molar-refractivity contribution < 1.29 is 9.59 Å². The third-order valence-electron chi connectivity index (χ3n) is 3.64. The van der Waals surface area contributed by atoms with E-state index in [9.17, 15) is 9.59 Å². The molecule has 6 nitrogen and oxygen atoms in total. The van der Waals surface area contributed by atoms with Crippen LogP contribution >= 0.6 is 23.8 Å². The van der Waals surface area contributed by atoms with Crippen molar-refractivity contribution in [3.8, 4) is 0 Å². The summed E-state index contributed by atoms with van der Waals surface area (Å²) in [5, 5.41) is 3.85. The van der Waals surface area contributed by atoms with Gasteiger partial charge in [-0.1, -0.05) is 11.6 Å². The average Bonchev–Trinajstić information content (AvgIpc) is 2.55. The molecule has 0 unspecified atom stereocenters. The lowest BCUT2D eigenvalue weighted by atomic mass is 9.97. The van der Waals surface area contributed by atoms with Gasteiger partial charge in [-0.2, -0.15) is 0 Å². The first-order valence-electron chi connectivity index (χ1n) is 7.33. The molecule has 1 aromatic carbocycles. The Morgan fingerprint density at radius 2 is 1.96 bits per heavy atom. The van der Waals surface area contributed by atoms with Gasteiger partial charge in [0.1, 0.15) is 0 Å². The molecule has 0 spiro atoms. The van der Waals surface area contributed by atoms with E-state index in [2.05, 4.69) is 16.2 Å². The highest BCUT2D eigenvalue weighted by molar-refractivity contribution is 7.80. The molecule has 0 saturated carbocycles. The Bertz CT molecular complexity index is 594. The molecular formula is C15H19ClN4O2S. The number of nitrogens with one attached hydrogen (secondary N) is 3. The number of benzene rings is 1. The van der Waals surface area contributed by atoms with E-state index in [1.165, 1.54) is 6.92 Å². The lowest BCUT2D eigenvalue weighted by Crippen LogP contribution is -2.50. The van der Waals surface area contributed by atoms with Crippen LogP contribution in [-0.4, -0.2) is 34.9 Å². The van der Waals surface area contributed by atoms with Crippen molar-refractivity contribution in [2.75, 3.05) is 18.4 Å². The lowest BCUT2D eigenvalue weighted by Gasteiger charge is -2.31. The van der Waals surface area contributed by atoms with Gasteiger partial charge in [-0.3, -0.25) is 20.4 Å². The third-order valence-corrected chi connectivity index (χ3v) is 4.09. The molecule has 1 atom stereocenters. The largest absolute Gasteiger partial charge is 0.342 e. The van der Waals surface area contributed by atoms with Gasteiger partial charge in [-0.15, -0.1) is 0 Å². The fraction of sp³-hybridized carbons (Fsp3) is 0.400. The third kappa shape index (κ3) is 5.37. The van der Waals surface area contributed by atoms with Crippen LogP contribution < -0.4 is 16.2 Å². The van der Waals surface area contributed by atoms with E-state index < -0.39 is 0 Å². The summed E-state index contributed by atoms with van der Waals surface area (Å²) < 4.78 is 0. The standard InChI is InChI=1S/C15H19ClN4O2S/c1-10(21)20-8-2-3-11(9-20)14(22)18-19-15(23)17-13-6-4-12(16)5-7-13/h4-7,11H,2-3,8-9H2,1H3,(H,18,22)(H2,17,19,23)/t11-/m0/s1. The van der Waals surface area contributed by atoms with Gasteiger partial charge in [0.2, 0.25) is 11.8 Å². The van der Waals surface area contributed by atoms with Gasteiger partial charge >= 0.3 is 0 Å². The molecule has 2 amide bonds. The first-order valence-corrected chi connectivity index (χ1v) is 8.12. The fourth-order valence-corrected chi connectivity index (χ4v) is 2.69. The maximum absolute atomic E-state index is 12.2. The lowest BCUT2D eigenvalue weighted by molar-refractivity contribution is -0.134. The number of carbonyl (C=O) groups is 2. The second kappa shape index (κ2) is 8.12. The molecule has 2 rings (SSSR count). The molecule has 1 aliphatic rings. The normalized spacial score (nSPS) is 17.3. The first-order chi connectivity index (χ1) is 11.0. The molecule has 1 aromatic rings. The summed E-state index contributed by atoms with van der Waals surface area (Å²) in [6.45, 7) is 2.67. The van der Waals surface area contributed by atoms with Crippen LogP contribution in [0.5, 0.6) is 0 Å². The van der Waals surface area contributed by atoms with Crippen molar-refractivity contribution in [2.24, 2.45) is 5.92 Å². The maximum atomic E-state index is 12.2. The zero-order valence-electron chi connectivity index (χ0n) is 12.8. The van der Waals surface area contributed by atoms with Crippen LogP contribution in [0.3, 0.4) is 0 Å². The Kier molecular flexibility index (Phi) is 6.18. The summed E-state index contributed by atoms with van der Waals surface area (Å²) in [5.74, 6) is -0.398. The molecule has 3 N–H and O–H groups in total. The number of carbonyl (C=O) groups excluding carboxylic acids is 2. The van der Waals surface area contributed by atoms with E-state index in [-0.39, 0.29) is 22.8 Å². The second-order valence-electron chi connectivity index (χ2n) is 5.38. The number of nitrogens with zero attached hydrogens (tertiary/aromatic N) is 1. The Balaban J connectivity index is 1.78. The van der Waals surface area contributed by atoms with E-state index in [0.29, 0.717) is 18.1 Å². The molecule has 1 heterocycles. The first kappa shape index (κ1) is 17.5. The highest BCUT2D eigenvalue weighted by Crippen LogP contribution is 2.16. The summed E-state index contributed by atoms with van der Waals surface area (Å²) in [4.78, 5) is 25.2. The number of piperidine rings is 1. The van der Waals surface area contributed by atoms with Crippen molar-refractivity contribution in [1.82, 2.24) is 15.8 Å². The van der Waals surface area contributed by atoms with Gasteiger partial charge < -0.3 is 10.2 Å². The second-order valence-corrected chi connectivity index (χ2v) is 6.22. The minimum atomic E-state index is -0.224. The smallest absolute Gasteiger partial charge is 0.243 e. The number of likely N-dealkylation sites (tertiary alicyclic amines) is 1. The summed E-state index contributed by atoms with van der Waals surface area (Å²) in [6, 6.07) is 7.04. The predicted octanol–water partition coefficient (Wildman–Crippen LogP) is 1.92. The molecule has 0 bridgehead atoms. The van der Waals surface area contributed by atoms with Gasteiger partial charge in [0.05, 0.1) is 5.92 Å². The van der Waals surface area contributed by atoms with Crippen molar-refractivity contribution >= 4 is 46.4 Å². The molecule has 1 saturated heterocycles. The number of anilines is 1. The molecule has 8 heteroatoms. The van der Waals surface area contributed by atoms with Gasteiger partial charge in [0.25, 0.3) is 0 Å². The van der Waals surface area contributed by atoms with Crippen LogP contribution in [-0.2, 0) is 9.59 Å². The molecule has 1 fully saturated rings. The average molecular weight is 355 g/mol. The Morgan fingerprint density at radius 3 is 2.61 bits per heavy atom. The Morgan fingerprint density at radius 1 is 1.26 bits per heavy atom. The van der Waals surface area contributed by atoms with Crippen LogP contribution in [0.1, 0.15) is 19.8 Å². The van der Waals surface area contributed by atoms with Crippen LogP contribution in [0.25, 0.3) is 0 Å². The Labute approximate surface area is 145 Å². The molecule has 1 aliphatic heterocycles. The van der Waals surface area contributed by atoms with Gasteiger partial charge in [0.15, 0.2) is 5.11 Å². The van der Waals surface area contributed by atoms with Crippen molar-refractivity contribution in [2.45, 2.75) is 19.8 Å². The van der Waals surface area contributed by atoms with Crippen LogP contribution in [0.4, 0.5) is 5.69 Å². The summed E-state index contributed by atoms with van der Waals surface area (Å²) in [7, 11) is 0. The molecule has 23 heavy (non-hydrogen) atoms. The molecule has 0 aliphatic carbocycles. The van der Waals surface area contributed by atoms with E-state index >= 15 is 0 Å². The Hall–Kier alpha value is -1.86. The van der Waals surface area contributed by atoms with Gasteiger partial charge in [0, 0.05) is 30.7 Å². The highest BCUT2D eigenvalue weighted by atomic mass is 35.5. The number of rotatable bonds is 2. The van der Waals surface area contributed by atoms with Crippen LogP contribution in [0.2, 0.25) is 5.02 Å². The summed E-state index contributed by atoms with van der Waals surface area (Å²) in [5.41, 5.74) is 6.02. The van der Waals surface area contributed by atoms with Crippen LogP contribution in [0.15, 0.2) is 24.3 Å². The number of amides is 2. The zero-order valence-corrected chi connectivity index (χ0v) is 14.3. The van der Waals surface area contributed by atoms with Crippen molar-refractivity contribution in [3.05, 3.63) is 29.3 Å². The van der Waals surface area contributed by atoms with E-state index in [1.807, 2.05) is 0 Å². The quantitative estimate of drug-likeness (QED) is 0.559. The van der Waals surface area contributed by atoms with Crippen molar-refractivity contribution in [3.63, 3.8) is 0 Å². The summed E-state index contributed by atoms with van der Waals surface area (Å²) in [6.07, 6.45) is 1.58. The molecule has 124 valence electrons. The number of hydrogen-bond acceptors (Lipinski definition) is 3. The maximum Gasteiger partial charge on any atom is 0.243 e. The molecule has 0 radical (unpaired) electrons. The van der Waals surface area contributed by atoms with Crippen LogP contribution in [0, 0.1) is 5.92 Å². The highest BCUT2D eigenvalue weighted by Gasteiger charge is 2.26. The number of halogens is 1. The SMILES string of the molecule is CC(=O)N1CCC[C@H](C(=O)NNC(=S)Nc2ccc(Cl)cc2)C1.